The summed E-state index contributed by atoms with van der Waals surface area (Å²) < 4.78 is 2.33. The van der Waals surface area contributed by atoms with E-state index in [1.54, 1.807) is 22.7 Å². The van der Waals surface area contributed by atoms with Crippen LogP contribution in [0.4, 0.5) is 11.4 Å². The van der Waals surface area contributed by atoms with Crippen molar-refractivity contribution < 1.29 is 65.4 Å². The molecule has 0 spiro atoms. The summed E-state index contributed by atoms with van der Waals surface area (Å²) in [5, 5.41) is 8.19. The Hall–Kier alpha value is 0.948. The van der Waals surface area contributed by atoms with Gasteiger partial charge in [0.25, 0.3) is 0 Å². The molecule has 2 radical (unpaired) electrons. The quantitative estimate of drug-likeness (QED) is 0.349. The third kappa shape index (κ3) is 2.13. The fourth-order valence-electron chi connectivity index (χ4n) is 1.56. The van der Waals surface area contributed by atoms with Gasteiger partial charge < -0.3 is 34.1 Å². The van der Waals surface area contributed by atoms with Crippen LogP contribution in [0.2, 0.25) is 0 Å². The molecule has 2 heterocycles. The predicted molar refractivity (Wildman–Crippen MR) is 63.7 cm³/mol. The number of anilines is 2. The maximum atomic E-state index is 5.94. The Bertz CT molecular complexity index is 575. The second-order valence-electron chi connectivity index (χ2n) is 3.04. The van der Waals surface area contributed by atoms with E-state index in [4.69, 9.17) is 11.5 Å². The van der Waals surface area contributed by atoms with Crippen molar-refractivity contribution in [3.63, 3.8) is 0 Å². The van der Waals surface area contributed by atoms with E-state index in [2.05, 4.69) is 10.8 Å². The topological polar surface area (TPSA) is 52.0 Å². The third-order valence-corrected chi connectivity index (χ3v) is 4.15. The number of hydrogen-bond donors (Lipinski definition) is 2. The van der Waals surface area contributed by atoms with Gasteiger partial charge in [0.2, 0.25) is 0 Å². The molecule has 76 valence electrons. The number of fused-ring (bicyclic) bond motifs is 3. The standard InChI is InChI=1S/C10H6N2S2.2Y/c11-7-5-1-3-13-9(5)10-6(8(7)12)2-4-14-10;;/h1-2H,11-12H2;;/q-2;;. The normalized spacial score (nSPS) is 10.0. The van der Waals surface area contributed by atoms with Crippen LogP contribution in [0, 0.1) is 10.8 Å². The zero-order valence-corrected chi connectivity index (χ0v) is 15.6. The van der Waals surface area contributed by atoms with Gasteiger partial charge in [0.1, 0.15) is 0 Å². The van der Waals surface area contributed by atoms with Crippen molar-refractivity contribution >= 4 is 54.2 Å². The van der Waals surface area contributed by atoms with E-state index in [0.29, 0.717) is 11.4 Å². The number of rotatable bonds is 0. The van der Waals surface area contributed by atoms with Gasteiger partial charge in [0, 0.05) is 65.4 Å². The van der Waals surface area contributed by atoms with Crippen molar-refractivity contribution in [3.05, 3.63) is 22.9 Å². The zero-order valence-electron chi connectivity index (χ0n) is 8.28. The Kier molecular flexibility index (Phi) is 5.37. The Balaban J connectivity index is 0.000000640. The third-order valence-electron chi connectivity index (χ3n) is 2.29. The monoisotopic (exact) mass is 396 g/mol. The van der Waals surface area contributed by atoms with Crippen LogP contribution >= 0.6 is 22.7 Å². The van der Waals surface area contributed by atoms with Gasteiger partial charge in [-0.25, -0.2) is 0 Å². The molecule has 0 bridgehead atoms. The van der Waals surface area contributed by atoms with Crippen molar-refractivity contribution in [3.8, 4) is 0 Å². The number of benzene rings is 1. The van der Waals surface area contributed by atoms with Crippen LogP contribution in [0.1, 0.15) is 0 Å². The summed E-state index contributed by atoms with van der Waals surface area (Å²) in [7, 11) is 0. The van der Waals surface area contributed by atoms with Gasteiger partial charge in [-0.3, -0.25) is 0 Å². The van der Waals surface area contributed by atoms with Gasteiger partial charge in [-0.2, -0.15) is 21.5 Å². The minimum Gasteiger partial charge on any atom is -0.408 e. The van der Waals surface area contributed by atoms with E-state index in [-0.39, 0.29) is 65.4 Å². The molecule has 16 heavy (non-hydrogen) atoms. The van der Waals surface area contributed by atoms with Crippen LogP contribution < -0.4 is 11.5 Å². The Morgan fingerprint density at radius 3 is 1.56 bits per heavy atom. The van der Waals surface area contributed by atoms with Gasteiger partial charge in [-0.15, -0.1) is 21.5 Å². The maximum Gasteiger partial charge on any atom is 0 e. The molecular formula is C10H6N2S2Y2-2. The van der Waals surface area contributed by atoms with Crippen molar-refractivity contribution in [2.75, 3.05) is 11.5 Å². The molecule has 2 aromatic heterocycles. The van der Waals surface area contributed by atoms with Crippen LogP contribution in [-0.2, 0) is 65.4 Å². The second-order valence-corrected chi connectivity index (χ2v) is 4.74. The predicted octanol–water partition coefficient (Wildman–Crippen LogP) is 2.88. The molecule has 3 rings (SSSR count). The van der Waals surface area contributed by atoms with Gasteiger partial charge in [-0.05, 0) is 11.4 Å². The smallest absolute Gasteiger partial charge is 0 e. The van der Waals surface area contributed by atoms with E-state index in [9.17, 15) is 0 Å². The maximum absolute atomic E-state index is 5.94. The molecule has 1 aromatic carbocycles. The van der Waals surface area contributed by atoms with Crippen molar-refractivity contribution in [1.82, 2.24) is 0 Å². The van der Waals surface area contributed by atoms with Crippen LogP contribution in [0.5, 0.6) is 0 Å². The first-order chi connectivity index (χ1) is 6.79. The molecule has 0 aliphatic carbocycles. The number of nitrogens with two attached hydrogens (primary N) is 2. The molecule has 2 nitrogen and oxygen atoms in total. The molecule has 4 N–H and O–H groups in total. The summed E-state index contributed by atoms with van der Waals surface area (Å²) in [4.78, 5) is 0. The molecule has 6 heteroatoms. The van der Waals surface area contributed by atoms with Crippen LogP contribution in [0.15, 0.2) is 12.1 Å². The van der Waals surface area contributed by atoms with E-state index < -0.39 is 0 Å². The summed E-state index contributed by atoms with van der Waals surface area (Å²) in [6.45, 7) is 0. The first-order valence-electron chi connectivity index (χ1n) is 4.05. The van der Waals surface area contributed by atoms with Gasteiger partial charge in [-0.1, -0.05) is 0 Å². The molecule has 0 fully saturated rings. The SMILES string of the molecule is Nc1c(N)c2c[c-]sc2c2s[c-]cc12.[Y].[Y]. The molecular weight excluding hydrogens is 390 g/mol. The van der Waals surface area contributed by atoms with E-state index >= 15 is 0 Å². The van der Waals surface area contributed by atoms with Gasteiger partial charge in [0.05, 0.1) is 0 Å². The first-order valence-corrected chi connectivity index (χ1v) is 5.68. The van der Waals surface area contributed by atoms with Crippen LogP contribution in [0.25, 0.3) is 20.2 Å². The minimum absolute atomic E-state index is 0. The summed E-state index contributed by atoms with van der Waals surface area (Å²) in [5.74, 6) is 0. The fraction of sp³-hybridized carbons (Fsp3) is 0. The van der Waals surface area contributed by atoms with Gasteiger partial charge >= 0.3 is 0 Å². The molecule has 0 atom stereocenters. The molecule has 0 amide bonds. The first kappa shape index (κ1) is 15.0. The van der Waals surface area contributed by atoms with Crippen molar-refractivity contribution in [2.45, 2.75) is 0 Å². The molecule has 0 unspecified atom stereocenters. The number of nitrogen functional groups attached to an aromatic ring is 2. The van der Waals surface area contributed by atoms with Gasteiger partial charge in [0.15, 0.2) is 0 Å². The van der Waals surface area contributed by atoms with E-state index in [1.807, 2.05) is 12.1 Å². The second kappa shape index (κ2) is 5.73. The molecule has 0 saturated carbocycles. The molecule has 3 aromatic rings. The Labute approximate surface area is 152 Å². The minimum atomic E-state index is 0. The number of thiophene rings is 2. The molecule has 0 saturated heterocycles. The average Bonchev–Trinajstić information content (AvgIpc) is 2.80. The van der Waals surface area contributed by atoms with Crippen molar-refractivity contribution in [1.29, 1.82) is 0 Å². The Morgan fingerprint density at radius 1 is 0.812 bits per heavy atom. The Morgan fingerprint density at radius 2 is 1.19 bits per heavy atom. The average molecular weight is 396 g/mol. The summed E-state index contributed by atoms with van der Waals surface area (Å²) in [6.07, 6.45) is 0. The summed E-state index contributed by atoms with van der Waals surface area (Å²) in [5.41, 5.74) is 13.2. The zero-order chi connectivity index (χ0) is 9.71. The van der Waals surface area contributed by atoms with Crippen LogP contribution in [-0.4, -0.2) is 0 Å². The van der Waals surface area contributed by atoms with Crippen molar-refractivity contribution in [2.24, 2.45) is 0 Å². The van der Waals surface area contributed by atoms with Crippen LogP contribution in [0.3, 0.4) is 0 Å². The van der Waals surface area contributed by atoms with E-state index in [0.717, 1.165) is 20.2 Å². The number of hydrogen-bond acceptors (Lipinski definition) is 4. The summed E-state index contributed by atoms with van der Waals surface area (Å²) >= 11 is 3.15. The molecule has 0 aliphatic heterocycles. The van der Waals surface area contributed by atoms with E-state index in [1.165, 1.54) is 0 Å². The fourth-order valence-corrected chi connectivity index (χ4v) is 3.37. The summed E-state index contributed by atoms with van der Waals surface area (Å²) in [6, 6.07) is 3.79. The largest absolute Gasteiger partial charge is 0.408 e. The molecule has 0 aliphatic rings.